The molecule has 1 saturated heterocycles. The molecule has 9 nitrogen and oxygen atoms in total. The number of rotatable bonds is 15. The van der Waals surface area contributed by atoms with E-state index in [-0.39, 0.29) is 35.9 Å². The maximum absolute atomic E-state index is 13.8. The molecule has 1 fully saturated rings. The van der Waals surface area contributed by atoms with Crippen LogP contribution < -0.4 is 10.1 Å². The van der Waals surface area contributed by atoms with Crippen LogP contribution in [0.4, 0.5) is 0 Å². The second-order valence-electron chi connectivity index (χ2n) is 12.9. The first-order chi connectivity index (χ1) is 23.0. The van der Waals surface area contributed by atoms with Crippen LogP contribution in [0.5, 0.6) is 5.75 Å². The minimum atomic E-state index is -3.95. The van der Waals surface area contributed by atoms with Crippen molar-refractivity contribution in [2.75, 3.05) is 26.7 Å². The lowest BCUT2D eigenvalue weighted by Crippen LogP contribution is -2.51. The zero-order valence-electron chi connectivity index (χ0n) is 28.1. The van der Waals surface area contributed by atoms with Gasteiger partial charge in [0.05, 0.1) is 30.2 Å². The van der Waals surface area contributed by atoms with Gasteiger partial charge in [-0.2, -0.15) is 4.31 Å². The summed E-state index contributed by atoms with van der Waals surface area (Å²) < 4.78 is 34.1. The number of amides is 1. The maximum Gasteiger partial charge on any atom is 0.251 e. The number of benzene rings is 3. The second kappa shape index (κ2) is 16.2. The minimum absolute atomic E-state index is 0.00459. The summed E-state index contributed by atoms with van der Waals surface area (Å²) in [4.78, 5) is 21.0. The number of sulfonamides is 1. The van der Waals surface area contributed by atoms with Gasteiger partial charge in [0.25, 0.3) is 5.91 Å². The lowest BCUT2D eigenvalue weighted by atomic mass is 10.00. The molecule has 0 spiro atoms. The van der Waals surface area contributed by atoms with E-state index < -0.39 is 22.2 Å². The fourth-order valence-electron chi connectivity index (χ4n) is 6.18. The average molecular weight is 691 g/mol. The Morgan fingerprint density at radius 1 is 1.06 bits per heavy atom. The maximum atomic E-state index is 13.8. The molecule has 1 aromatic heterocycles. The van der Waals surface area contributed by atoms with Gasteiger partial charge in [-0.25, -0.2) is 13.4 Å². The molecule has 4 aromatic rings. The number of thiazole rings is 1. The predicted octanol–water partition coefficient (Wildman–Crippen LogP) is 5.85. The summed E-state index contributed by atoms with van der Waals surface area (Å²) in [7, 11) is -2.42. The molecule has 3 aromatic carbocycles. The number of aromatic nitrogens is 1. The number of hydrogen-bond acceptors (Lipinski definition) is 8. The summed E-state index contributed by atoms with van der Waals surface area (Å²) in [6.45, 7) is 7.58. The van der Waals surface area contributed by atoms with Gasteiger partial charge in [0.2, 0.25) is 10.0 Å². The predicted molar refractivity (Wildman–Crippen MR) is 190 cm³/mol. The summed E-state index contributed by atoms with van der Waals surface area (Å²) in [6.07, 6.45) is 1.31. The number of ether oxygens (including phenoxy) is 1. The van der Waals surface area contributed by atoms with E-state index in [1.807, 2.05) is 69.3 Å². The Kier molecular flexibility index (Phi) is 12.0. The monoisotopic (exact) mass is 690 g/mol. The Morgan fingerprint density at radius 3 is 2.46 bits per heavy atom. The highest BCUT2D eigenvalue weighted by Gasteiger charge is 2.32. The summed E-state index contributed by atoms with van der Waals surface area (Å²) >= 11 is 1.70. The van der Waals surface area contributed by atoms with Crippen LogP contribution in [0.15, 0.2) is 89.1 Å². The van der Waals surface area contributed by atoms with E-state index in [4.69, 9.17) is 9.72 Å². The van der Waals surface area contributed by atoms with Gasteiger partial charge in [0.15, 0.2) is 0 Å². The van der Waals surface area contributed by atoms with E-state index >= 15 is 0 Å². The van der Waals surface area contributed by atoms with Gasteiger partial charge in [-0.05, 0) is 86.2 Å². The lowest BCUT2D eigenvalue weighted by Gasteiger charge is -2.31. The van der Waals surface area contributed by atoms with Crippen molar-refractivity contribution in [3.8, 4) is 5.75 Å². The van der Waals surface area contributed by atoms with Gasteiger partial charge >= 0.3 is 0 Å². The molecule has 0 saturated carbocycles. The minimum Gasteiger partial charge on any atom is -0.497 e. The molecule has 256 valence electrons. The van der Waals surface area contributed by atoms with Crippen molar-refractivity contribution in [2.24, 2.45) is 5.92 Å². The normalized spacial score (nSPS) is 16.7. The highest BCUT2D eigenvalue weighted by atomic mass is 32.2. The molecule has 2 N–H and O–H groups in total. The van der Waals surface area contributed by atoms with Crippen LogP contribution in [0.25, 0.3) is 0 Å². The average Bonchev–Trinajstić information content (AvgIpc) is 3.72. The SMILES string of the molecule is COc1ccc(S(=O)(=O)N(CC(C)C)C[C@@H](O)[C@H](Cc2ccccc2)NC(=O)c2cccc(CN3CCC[C@@H]3c3nc(C)cs3)c2)cc1. The van der Waals surface area contributed by atoms with Gasteiger partial charge in [-0.3, -0.25) is 9.69 Å². The first kappa shape index (κ1) is 35.7. The van der Waals surface area contributed by atoms with Crippen molar-refractivity contribution >= 4 is 27.3 Å². The Hall–Kier alpha value is -3.61. The smallest absolute Gasteiger partial charge is 0.251 e. The van der Waals surface area contributed by atoms with Crippen LogP contribution in [0.3, 0.4) is 0 Å². The summed E-state index contributed by atoms with van der Waals surface area (Å²) in [5.74, 6) is 0.234. The summed E-state index contributed by atoms with van der Waals surface area (Å²) in [5.41, 5.74) is 3.47. The molecular formula is C37H46N4O5S2. The number of aliphatic hydroxyl groups is 1. The number of methoxy groups -OCH3 is 1. The van der Waals surface area contributed by atoms with Crippen LogP contribution in [0.2, 0.25) is 0 Å². The Balaban J connectivity index is 1.34. The molecule has 1 amide bonds. The molecule has 11 heteroatoms. The van der Waals surface area contributed by atoms with E-state index in [2.05, 4.69) is 15.6 Å². The Morgan fingerprint density at radius 2 is 1.79 bits per heavy atom. The molecule has 48 heavy (non-hydrogen) atoms. The number of carbonyl (C=O) groups is 1. The van der Waals surface area contributed by atoms with E-state index in [9.17, 15) is 18.3 Å². The van der Waals surface area contributed by atoms with Crippen LogP contribution in [-0.4, -0.2) is 72.5 Å². The van der Waals surface area contributed by atoms with Crippen LogP contribution in [0, 0.1) is 12.8 Å². The van der Waals surface area contributed by atoms with E-state index in [0.717, 1.165) is 41.2 Å². The summed E-state index contributed by atoms with van der Waals surface area (Å²) in [6, 6.07) is 22.9. The van der Waals surface area contributed by atoms with Gasteiger partial charge in [0.1, 0.15) is 10.8 Å². The number of hydrogen-bond donors (Lipinski definition) is 2. The molecule has 1 aliphatic heterocycles. The molecule has 0 radical (unpaired) electrons. The fraction of sp³-hybridized carbons (Fsp3) is 0.405. The number of nitrogens with one attached hydrogen (secondary N) is 1. The first-order valence-electron chi connectivity index (χ1n) is 16.5. The zero-order chi connectivity index (χ0) is 34.3. The molecular weight excluding hydrogens is 645 g/mol. The van der Waals surface area contributed by atoms with Crippen molar-refractivity contribution in [3.05, 3.63) is 112 Å². The van der Waals surface area contributed by atoms with Gasteiger partial charge < -0.3 is 15.2 Å². The van der Waals surface area contributed by atoms with Gasteiger partial charge in [-0.1, -0.05) is 56.3 Å². The molecule has 2 heterocycles. The molecule has 5 rings (SSSR count). The first-order valence-corrected chi connectivity index (χ1v) is 18.8. The van der Waals surface area contributed by atoms with Crippen LogP contribution >= 0.6 is 11.3 Å². The Bertz CT molecular complexity index is 1740. The number of aryl methyl sites for hydroxylation is 1. The molecule has 0 aliphatic carbocycles. The quantitative estimate of drug-likeness (QED) is 0.161. The second-order valence-corrected chi connectivity index (χ2v) is 15.7. The van der Waals surface area contributed by atoms with Crippen molar-refractivity contribution in [1.29, 1.82) is 0 Å². The molecule has 0 bridgehead atoms. The third kappa shape index (κ3) is 9.09. The standard InChI is InChI=1S/C37H46N4O5S2/c1-26(2)22-41(48(44,45)32-17-15-31(46-4)16-18-32)24-35(42)33(21-28-10-6-5-7-11-28)39-36(43)30-13-8-12-29(20-30)23-40-19-9-14-34(40)37-38-27(3)25-47-37/h5-8,10-13,15-18,20,25-26,33-35,42H,9,14,19,21-24H2,1-4H3,(H,39,43)/t33-,34+,35+/m0/s1. The van der Waals surface area contributed by atoms with Crippen molar-refractivity contribution < 1.29 is 23.1 Å². The van der Waals surface area contributed by atoms with E-state index in [0.29, 0.717) is 24.3 Å². The topological polar surface area (TPSA) is 112 Å². The van der Waals surface area contributed by atoms with Crippen molar-refractivity contribution in [1.82, 2.24) is 19.5 Å². The van der Waals surface area contributed by atoms with Crippen molar-refractivity contribution in [2.45, 2.75) is 69.7 Å². The molecule has 1 aliphatic rings. The number of likely N-dealkylation sites (tertiary alicyclic amines) is 1. The fourth-order valence-corrected chi connectivity index (χ4v) is 8.77. The molecule has 3 atom stereocenters. The van der Waals surface area contributed by atoms with Crippen LogP contribution in [-0.2, 0) is 23.0 Å². The highest BCUT2D eigenvalue weighted by Crippen LogP contribution is 2.35. The largest absolute Gasteiger partial charge is 0.497 e. The van der Waals surface area contributed by atoms with E-state index in [1.165, 1.54) is 23.5 Å². The number of carbonyl (C=O) groups excluding carboxylic acids is 1. The van der Waals surface area contributed by atoms with E-state index in [1.54, 1.807) is 29.5 Å². The summed E-state index contributed by atoms with van der Waals surface area (Å²) in [5, 5.41) is 18.0. The number of aliphatic hydroxyl groups excluding tert-OH is 1. The Labute approximate surface area is 288 Å². The van der Waals surface area contributed by atoms with Crippen molar-refractivity contribution in [3.63, 3.8) is 0 Å². The van der Waals surface area contributed by atoms with Gasteiger partial charge in [0, 0.05) is 36.3 Å². The highest BCUT2D eigenvalue weighted by molar-refractivity contribution is 7.89. The van der Waals surface area contributed by atoms with Crippen LogP contribution in [0.1, 0.15) is 64.9 Å². The van der Waals surface area contributed by atoms with Gasteiger partial charge in [-0.15, -0.1) is 11.3 Å². The molecule has 0 unspecified atom stereocenters. The zero-order valence-corrected chi connectivity index (χ0v) is 29.7. The third-order valence-electron chi connectivity index (χ3n) is 8.60. The third-order valence-corrected chi connectivity index (χ3v) is 11.5. The lowest BCUT2D eigenvalue weighted by molar-refractivity contribution is 0.0775. The number of nitrogens with zero attached hydrogens (tertiary/aromatic N) is 3.